The van der Waals surface area contributed by atoms with E-state index in [1.54, 1.807) is 18.2 Å². The molecule has 2 atom stereocenters. The van der Waals surface area contributed by atoms with E-state index in [-0.39, 0.29) is 11.7 Å². The summed E-state index contributed by atoms with van der Waals surface area (Å²) in [5.74, 6) is -0.520. The molecule has 2 heterocycles. The summed E-state index contributed by atoms with van der Waals surface area (Å²) >= 11 is 12.8. The first-order chi connectivity index (χ1) is 16.5. The van der Waals surface area contributed by atoms with E-state index in [0.29, 0.717) is 27.0 Å². The van der Waals surface area contributed by atoms with Crippen molar-refractivity contribution >= 4 is 40.5 Å². The molecule has 0 bridgehead atoms. The molecule has 1 N–H and O–H groups in total. The second-order valence-corrected chi connectivity index (χ2v) is 9.50. The van der Waals surface area contributed by atoms with Gasteiger partial charge in [-0.15, -0.1) is 0 Å². The quantitative estimate of drug-likeness (QED) is 0.464. The number of rotatable bonds is 4. The maximum atomic E-state index is 14.1. The van der Waals surface area contributed by atoms with Crippen molar-refractivity contribution in [3.8, 4) is 5.75 Å². The van der Waals surface area contributed by atoms with E-state index in [9.17, 15) is 9.90 Å². The Morgan fingerprint density at radius 3 is 2.26 bits per heavy atom. The lowest BCUT2D eigenvalue weighted by atomic mass is 9.85. The Balaban J connectivity index is 1.69. The predicted molar refractivity (Wildman–Crippen MR) is 137 cm³/mol. The van der Waals surface area contributed by atoms with Gasteiger partial charge < -0.3 is 10.0 Å². The molecule has 34 heavy (non-hydrogen) atoms. The van der Waals surface area contributed by atoms with Crippen LogP contribution in [0.4, 0.5) is 5.69 Å². The number of halogens is 2. The molecule has 2 aliphatic rings. The highest BCUT2D eigenvalue weighted by atomic mass is 35.5. The average molecular weight is 494 g/mol. The van der Waals surface area contributed by atoms with Gasteiger partial charge in [0.05, 0.1) is 22.5 Å². The molecular formula is C27H25Cl2N3O2. The smallest absolute Gasteiger partial charge is 0.234 e. The Morgan fingerprint density at radius 1 is 0.882 bits per heavy atom. The Morgan fingerprint density at radius 2 is 1.56 bits per heavy atom. The van der Waals surface area contributed by atoms with Gasteiger partial charge in [-0.25, -0.2) is 0 Å². The summed E-state index contributed by atoms with van der Waals surface area (Å²) in [4.78, 5) is 16.0. The van der Waals surface area contributed by atoms with Crippen LogP contribution < -0.4 is 5.01 Å². The topological polar surface area (TPSA) is 56.1 Å². The number of hydrazone groups is 1. The maximum absolute atomic E-state index is 14.1. The number of phenols is 1. The van der Waals surface area contributed by atoms with E-state index in [2.05, 4.69) is 0 Å². The van der Waals surface area contributed by atoms with Gasteiger partial charge >= 0.3 is 0 Å². The number of likely N-dealkylation sites (tertiary alicyclic amines) is 1. The molecule has 2 aliphatic heterocycles. The first kappa shape index (κ1) is 22.8. The molecule has 3 aromatic rings. The molecule has 1 fully saturated rings. The highest BCUT2D eigenvalue weighted by Crippen LogP contribution is 2.45. The third kappa shape index (κ3) is 4.26. The zero-order valence-electron chi connectivity index (χ0n) is 18.6. The number of amides is 1. The molecule has 1 saturated heterocycles. The minimum atomic E-state index is -0.621. The lowest BCUT2D eigenvalue weighted by Gasteiger charge is -2.34. The normalized spacial score (nSPS) is 20.4. The maximum Gasteiger partial charge on any atom is 0.234 e. The average Bonchev–Trinajstić information content (AvgIpc) is 3.25. The molecule has 0 saturated carbocycles. The molecule has 0 aromatic heterocycles. The number of carbonyl (C=O) groups is 1. The Labute approximate surface area is 209 Å². The van der Waals surface area contributed by atoms with Crippen molar-refractivity contribution in [2.45, 2.75) is 25.3 Å². The van der Waals surface area contributed by atoms with Crippen molar-refractivity contribution in [3.63, 3.8) is 0 Å². The molecule has 7 heteroatoms. The minimum Gasteiger partial charge on any atom is -0.507 e. The largest absolute Gasteiger partial charge is 0.507 e. The molecule has 0 aliphatic carbocycles. The fraction of sp³-hybridized carbons (Fsp3) is 0.259. The minimum absolute atomic E-state index is 0.0104. The van der Waals surface area contributed by atoms with Gasteiger partial charge in [0.1, 0.15) is 11.7 Å². The number of nitrogens with zero attached hydrogens (tertiary/aromatic N) is 3. The lowest BCUT2D eigenvalue weighted by Crippen LogP contribution is -2.44. The summed E-state index contributed by atoms with van der Waals surface area (Å²) in [6.07, 6.45) is 3.10. The first-order valence-corrected chi connectivity index (χ1v) is 12.2. The summed E-state index contributed by atoms with van der Waals surface area (Å²) in [7, 11) is 0. The Bertz CT molecular complexity index is 1220. The number of hydrogen-bond acceptors (Lipinski definition) is 4. The number of para-hydroxylation sites is 2. The fourth-order valence-corrected chi connectivity index (χ4v) is 5.19. The van der Waals surface area contributed by atoms with E-state index in [0.717, 1.165) is 37.9 Å². The van der Waals surface area contributed by atoms with Crippen LogP contribution in [0.1, 0.15) is 36.4 Å². The van der Waals surface area contributed by atoms with Crippen LogP contribution >= 0.6 is 23.2 Å². The summed E-state index contributed by atoms with van der Waals surface area (Å²) in [6, 6.07) is 21.6. The van der Waals surface area contributed by atoms with Gasteiger partial charge in [-0.3, -0.25) is 9.80 Å². The third-order valence-corrected chi connectivity index (χ3v) is 7.09. The zero-order valence-corrected chi connectivity index (χ0v) is 20.1. The van der Waals surface area contributed by atoms with Gasteiger partial charge in [0.15, 0.2) is 0 Å². The summed E-state index contributed by atoms with van der Waals surface area (Å²) in [6.45, 7) is 1.45. The number of carbonyl (C=O) groups excluding carboxylic acids is 1. The van der Waals surface area contributed by atoms with Gasteiger partial charge in [-0.05, 0) is 61.2 Å². The Kier molecular flexibility index (Phi) is 6.48. The summed E-state index contributed by atoms with van der Waals surface area (Å²) in [5.41, 5.74) is 2.68. The van der Waals surface area contributed by atoms with Crippen molar-refractivity contribution in [1.82, 2.24) is 4.90 Å². The van der Waals surface area contributed by atoms with Crippen molar-refractivity contribution in [3.05, 3.63) is 94.0 Å². The van der Waals surface area contributed by atoms with E-state index in [1.807, 2.05) is 64.5 Å². The van der Waals surface area contributed by atoms with Gasteiger partial charge in [-0.2, -0.15) is 5.10 Å². The fourth-order valence-electron chi connectivity index (χ4n) is 4.84. The highest BCUT2D eigenvalue weighted by molar-refractivity contribution is 6.33. The van der Waals surface area contributed by atoms with E-state index < -0.39 is 12.0 Å². The number of anilines is 1. The number of benzene rings is 3. The molecule has 174 valence electrons. The second kappa shape index (κ2) is 9.69. The number of phenolic OH excluding ortho intramolecular Hbond substituents is 1. The van der Waals surface area contributed by atoms with Crippen molar-refractivity contribution in [2.75, 3.05) is 18.1 Å². The van der Waals surface area contributed by atoms with Crippen LogP contribution in [0, 0.1) is 5.92 Å². The summed E-state index contributed by atoms with van der Waals surface area (Å²) < 4.78 is 0. The van der Waals surface area contributed by atoms with E-state index in [1.165, 1.54) is 0 Å². The van der Waals surface area contributed by atoms with Crippen LogP contribution in [-0.2, 0) is 4.79 Å². The molecule has 2 unspecified atom stereocenters. The third-order valence-electron chi connectivity index (χ3n) is 6.51. The van der Waals surface area contributed by atoms with Crippen LogP contribution in [-0.4, -0.2) is 34.7 Å². The molecule has 5 nitrogen and oxygen atoms in total. The molecule has 5 rings (SSSR count). The monoisotopic (exact) mass is 493 g/mol. The van der Waals surface area contributed by atoms with Crippen LogP contribution in [0.5, 0.6) is 5.75 Å². The van der Waals surface area contributed by atoms with Gasteiger partial charge in [0.2, 0.25) is 5.91 Å². The zero-order chi connectivity index (χ0) is 23.7. The van der Waals surface area contributed by atoms with E-state index in [4.69, 9.17) is 28.3 Å². The highest BCUT2D eigenvalue weighted by Gasteiger charge is 2.46. The number of aromatic hydroxyl groups is 1. The van der Waals surface area contributed by atoms with Gasteiger partial charge in [0.25, 0.3) is 0 Å². The number of hydrogen-bond donors (Lipinski definition) is 1. The van der Waals surface area contributed by atoms with E-state index >= 15 is 0 Å². The lowest BCUT2D eigenvalue weighted by molar-refractivity contribution is -0.134. The SMILES string of the molecule is O=C(C1C(c2ccccc2O)=NN(c2ccccc2Cl)C1c1ccc(Cl)cc1)N1CCCCC1. The first-order valence-electron chi connectivity index (χ1n) is 11.5. The molecular weight excluding hydrogens is 469 g/mol. The van der Waals surface area contributed by atoms with Gasteiger partial charge in [-0.1, -0.05) is 59.6 Å². The molecule has 0 spiro atoms. The second-order valence-electron chi connectivity index (χ2n) is 8.66. The van der Waals surface area contributed by atoms with Crippen LogP contribution in [0.3, 0.4) is 0 Å². The molecule has 0 radical (unpaired) electrons. The van der Waals surface area contributed by atoms with Crippen molar-refractivity contribution < 1.29 is 9.90 Å². The van der Waals surface area contributed by atoms with Crippen LogP contribution in [0.2, 0.25) is 10.0 Å². The van der Waals surface area contributed by atoms with Crippen molar-refractivity contribution in [1.29, 1.82) is 0 Å². The number of piperidine rings is 1. The molecule has 1 amide bonds. The predicted octanol–water partition coefficient (Wildman–Crippen LogP) is 6.29. The van der Waals surface area contributed by atoms with Crippen LogP contribution in [0.15, 0.2) is 77.9 Å². The molecule has 3 aromatic carbocycles. The van der Waals surface area contributed by atoms with Gasteiger partial charge in [0, 0.05) is 23.7 Å². The summed E-state index contributed by atoms with van der Waals surface area (Å²) in [5, 5.41) is 18.6. The van der Waals surface area contributed by atoms with Crippen molar-refractivity contribution in [2.24, 2.45) is 11.0 Å². The standard InChI is InChI=1S/C27H25Cl2N3O2/c28-19-14-12-18(13-15-19)26-24(27(34)31-16-6-1-7-17-31)25(20-8-2-5-11-23(20)33)30-32(26)22-10-4-3-9-21(22)29/h2-5,8-15,24,26,33H,1,6-7,16-17H2. The van der Waals surface area contributed by atoms with Crippen LogP contribution in [0.25, 0.3) is 0 Å². The Hall–Kier alpha value is -3.02.